The molecule has 2 atom stereocenters. The van der Waals surface area contributed by atoms with Crippen LogP contribution in [0.15, 0.2) is 47.0 Å². The highest BCUT2D eigenvalue weighted by Crippen LogP contribution is 2.39. The maximum atomic E-state index is 9.04. The predicted molar refractivity (Wildman–Crippen MR) is 93.6 cm³/mol. The quantitative estimate of drug-likeness (QED) is 0.797. The lowest BCUT2D eigenvalue weighted by molar-refractivity contribution is 0.371. The molecular weight excluding hydrogens is 298 g/mol. The Labute approximate surface area is 141 Å². The molecule has 0 amide bonds. The van der Waals surface area contributed by atoms with Crippen molar-refractivity contribution in [3.8, 4) is 6.07 Å². The molecule has 1 aromatic heterocycles. The van der Waals surface area contributed by atoms with Gasteiger partial charge in [0.05, 0.1) is 23.4 Å². The summed E-state index contributed by atoms with van der Waals surface area (Å²) in [6.07, 6.45) is 8.30. The zero-order valence-electron chi connectivity index (χ0n) is 13.9. The Hall–Kier alpha value is -2.80. The second-order valence-corrected chi connectivity index (χ2v) is 6.49. The first-order valence-electron chi connectivity index (χ1n) is 8.29. The van der Waals surface area contributed by atoms with Crippen LogP contribution in [-0.4, -0.2) is 17.2 Å². The molecule has 0 fully saturated rings. The number of nitriles is 1. The highest BCUT2D eigenvalue weighted by molar-refractivity contribution is 5.79. The minimum absolute atomic E-state index is 0.261. The predicted octanol–water partition coefficient (Wildman–Crippen LogP) is 4.02. The molecule has 120 valence electrons. The van der Waals surface area contributed by atoms with E-state index in [9.17, 15) is 0 Å². The van der Waals surface area contributed by atoms with Gasteiger partial charge in [0.1, 0.15) is 5.76 Å². The first kappa shape index (κ1) is 14.8. The van der Waals surface area contributed by atoms with E-state index >= 15 is 0 Å². The van der Waals surface area contributed by atoms with Gasteiger partial charge < -0.3 is 9.42 Å². The number of nitrogens with zero attached hydrogens (tertiary/aromatic N) is 3. The summed E-state index contributed by atoms with van der Waals surface area (Å²) in [6, 6.07) is 10.6. The second kappa shape index (κ2) is 5.68. The van der Waals surface area contributed by atoms with Gasteiger partial charge in [-0.15, -0.1) is 0 Å². The third kappa shape index (κ3) is 2.25. The molecule has 2 aliphatic rings. The van der Waals surface area contributed by atoms with E-state index in [1.165, 1.54) is 11.1 Å². The molecule has 4 heteroatoms. The molecule has 2 aromatic rings. The van der Waals surface area contributed by atoms with Crippen molar-refractivity contribution < 1.29 is 4.52 Å². The Bertz CT molecular complexity index is 867. The summed E-state index contributed by atoms with van der Waals surface area (Å²) in [5.74, 6) is 0.975. The van der Waals surface area contributed by atoms with Crippen molar-refractivity contribution in [2.24, 2.45) is 0 Å². The molecule has 0 spiro atoms. The van der Waals surface area contributed by atoms with Gasteiger partial charge in [-0.25, -0.2) is 0 Å². The molecule has 1 aliphatic heterocycles. The average Bonchev–Trinajstić information content (AvgIpc) is 2.90. The maximum Gasteiger partial charge on any atom is 0.146 e. The van der Waals surface area contributed by atoms with E-state index < -0.39 is 0 Å². The van der Waals surface area contributed by atoms with Crippen molar-refractivity contribution in [3.05, 3.63) is 65.1 Å². The lowest BCUT2D eigenvalue weighted by Gasteiger charge is -2.38. The van der Waals surface area contributed by atoms with Crippen molar-refractivity contribution in [1.29, 1.82) is 5.26 Å². The largest absolute Gasteiger partial charge is 0.361 e. The summed E-state index contributed by atoms with van der Waals surface area (Å²) in [7, 11) is 0. The Kier molecular flexibility index (Phi) is 3.50. The zero-order valence-corrected chi connectivity index (χ0v) is 13.9. The number of aryl methyl sites for hydroxylation is 1. The molecule has 1 aliphatic carbocycles. The summed E-state index contributed by atoms with van der Waals surface area (Å²) >= 11 is 0. The van der Waals surface area contributed by atoms with Crippen LogP contribution in [0.2, 0.25) is 0 Å². The smallest absolute Gasteiger partial charge is 0.146 e. The molecule has 2 heterocycles. The van der Waals surface area contributed by atoms with Crippen molar-refractivity contribution in [2.75, 3.05) is 4.90 Å². The normalized spacial score (nSPS) is 22.2. The molecule has 0 bridgehead atoms. The number of anilines is 1. The van der Waals surface area contributed by atoms with E-state index in [2.05, 4.69) is 41.3 Å². The van der Waals surface area contributed by atoms with Gasteiger partial charge in [-0.1, -0.05) is 23.4 Å². The average molecular weight is 317 g/mol. The molecule has 0 saturated heterocycles. The number of aromatic nitrogens is 1. The van der Waals surface area contributed by atoms with E-state index in [0.29, 0.717) is 5.56 Å². The molecule has 0 N–H and O–H groups in total. The van der Waals surface area contributed by atoms with Crippen LogP contribution in [0, 0.1) is 18.3 Å². The third-order valence-electron chi connectivity index (χ3n) is 4.94. The molecule has 1 aromatic carbocycles. The van der Waals surface area contributed by atoms with Gasteiger partial charge in [0, 0.05) is 23.7 Å². The Morgan fingerprint density at radius 2 is 2.08 bits per heavy atom. The second-order valence-electron chi connectivity index (χ2n) is 6.49. The van der Waals surface area contributed by atoms with Crippen LogP contribution < -0.4 is 4.90 Å². The Morgan fingerprint density at radius 1 is 1.29 bits per heavy atom. The molecule has 4 nitrogen and oxygen atoms in total. The summed E-state index contributed by atoms with van der Waals surface area (Å²) in [6.45, 7) is 4.24. The maximum absolute atomic E-state index is 9.04. The monoisotopic (exact) mass is 317 g/mol. The van der Waals surface area contributed by atoms with Crippen LogP contribution in [0.5, 0.6) is 0 Å². The van der Waals surface area contributed by atoms with E-state index in [1.54, 1.807) is 0 Å². The number of allylic oxidation sites excluding steroid dienone is 2. The van der Waals surface area contributed by atoms with Crippen LogP contribution in [0.4, 0.5) is 5.69 Å². The van der Waals surface area contributed by atoms with Gasteiger partial charge in [-0.3, -0.25) is 0 Å². The topological polar surface area (TPSA) is 53.1 Å². The van der Waals surface area contributed by atoms with Crippen LogP contribution >= 0.6 is 0 Å². The van der Waals surface area contributed by atoms with Crippen LogP contribution in [0.25, 0.3) is 5.57 Å². The van der Waals surface area contributed by atoms with Gasteiger partial charge in [-0.05, 0) is 50.1 Å². The van der Waals surface area contributed by atoms with Gasteiger partial charge in [0.15, 0.2) is 0 Å². The van der Waals surface area contributed by atoms with Crippen LogP contribution in [0.3, 0.4) is 0 Å². The summed E-state index contributed by atoms with van der Waals surface area (Å²) in [5, 5.41) is 13.2. The van der Waals surface area contributed by atoms with E-state index in [1.807, 2.05) is 31.2 Å². The molecule has 2 unspecified atom stereocenters. The fourth-order valence-electron chi connectivity index (χ4n) is 3.87. The Balaban J connectivity index is 1.83. The standard InChI is InChI=1S/C20H19N3O/c1-13-11-19-20(14(2)22-24-19)17-5-3-4-6-18(17)23(13)16-9-7-15(12-21)8-10-16/h3-5,7-10,13,18H,6,11H2,1-2H3. The lowest BCUT2D eigenvalue weighted by Crippen LogP contribution is -2.42. The van der Waals surface area contributed by atoms with Crippen LogP contribution in [0.1, 0.15) is 35.9 Å². The van der Waals surface area contributed by atoms with Crippen molar-refractivity contribution in [3.63, 3.8) is 0 Å². The van der Waals surface area contributed by atoms with E-state index in [4.69, 9.17) is 9.78 Å². The minimum Gasteiger partial charge on any atom is -0.361 e. The van der Waals surface area contributed by atoms with Gasteiger partial charge in [0.2, 0.25) is 0 Å². The van der Waals surface area contributed by atoms with E-state index in [0.717, 1.165) is 30.0 Å². The van der Waals surface area contributed by atoms with Gasteiger partial charge in [-0.2, -0.15) is 5.26 Å². The number of benzene rings is 1. The number of hydrogen-bond donors (Lipinski definition) is 0. The van der Waals surface area contributed by atoms with Crippen molar-refractivity contribution in [1.82, 2.24) is 5.16 Å². The number of hydrogen-bond acceptors (Lipinski definition) is 4. The highest BCUT2D eigenvalue weighted by atomic mass is 16.5. The molecule has 4 rings (SSSR count). The molecular formula is C20H19N3O. The first-order valence-corrected chi connectivity index (χ1v) is 8.29. The zero-order chi connectivity index (χ0) is 16.7. The number of fused-ring (bicyclic) bond motifs is 3. The number of rotatable bonds is 1. The summed E-state index contributed by atoms with van der Waals surface area (Å²) in [4.78, 5) is 2.45. The van der Waals surface area contributed by atoms with Crippen molar-refractivity contribution in [2.45, 2.75) is 38.8 Å². The third-order valence-corrected chi connectivity index (χ3v) is 4.94. The summed E-state index contributed by atoms with van der Waals surface area (Å²) in [5.41, 5.74) is 5.24. The molecule has 24 heavy (non-hydrogen) atoms. The molecule has 0 saturated carbocycles. The lowest BCUT2D eigenvalue weighted by atomic mass is 9.91. The fraction of sp³-hybridized carbons (Fsp3) is 0.300. The Morgan fingerprint density at radius 3 is 2.83 bits per heavy atom. The summed E-state index contributed by atoms with van der Waals surface area (Å²) < 4.78 is 5.62. The fourth-order valence-corrected chi connectivity index (χ4v) is 3.87. The van der Waals surface area contributed by atoms with Gasteiger partial charge in [0.25, 0.3) is 0 Å². The minimum atomic E-state index is 0.261. The SMILES string of the molecule is Cc1noc2c1C1=CC=CCC1N(c1ccc(C#N)cc1)C(C)C2. The van der Waals surface area contributed by atoms with Crippen molar-refractivity contribution >= 4 is 11.3 Å². The highest BCUT2D eigenvalue weighted by Gasteiger charge is 2.35. The van der Waals surface area contributed by atoms with Gasteiger partial charge >= 0.3 is 0 Å². The first-order chi connectivity index (χ1) is 11.7. The molecule has 0 radical (unpaired) electrons. The van der Waals surface area contributed by atoms with E-state index in [-0.39, 0.29) is 12.1 Å². The van der Waals surface area contributed by atoms with Crippen LogP contribution in [-0.2, 0) is 6.42 Å².